The zero-order valence-electron chi connectivity index (χ0n) is 11.6. The molecule has 0 spiro atoms. The van der Waals surface area contributed by atoms with E-state index >= 15 is 0 Å². The first-order valence-electron chi connectivity index (χ1n) is 6.45. The summed E-state index contributed by atoms with van der Waals surface area (Å²) in [6.07, 6.45) is 0. The number of hydrogen-bond acceptors (Lipinski definition) is 4. The van der Waals surface area contributed by atoms with E-state index in [2.05, 4.69) is 4.79 Å². The summed E-state index contributed by atoms with van der Waals surface area (Å²) in [5.74, 6) is -1.55. The summed E-state index contributed by atoms with van der Waals surface area (Å²) in [6.45, 7) is 1.51. The lowest BCUT2D eigenvalue weighted by Crippen LogP contribution is -2.68. The fraction of sp³-hybridized carbons (Fsp3) is 0.214. The van der Waals surface area contributed by atoms with E-state index in [0.717, 1.165) is 4.90 Å². The Hall–Kier alpha value is -2.57. The maximum Gasteiger partial charge on any atom is 0.394 e. The second-order valence-corrected chi connectivity index (χ2v) is 7.20. The molecule has 1 fully saturated rings. The molecule has 2 aliphatic rings. The van der Waals surface area contributed by atoms with Gasteiger partial charge >= 0.3 is 11.6 Å². The topological polar surface area (TPSA) is 108 Å². The molecule has 0 radical (unpaired) electrons. The summed E-state index contributed by atoms with van der Waals surface area (Å²) < 4.78 is 24.3. The fourth-order valence-corrected chi connectivity index (χ4v) is 4.63. The number of nitrogens with zero attached hydrogens (tertiary/aromatic N) is 3. The van der Waals surface area contributed by atoms with Crippen LogP contribution < -0.4 is 0 Å². The summed E-state index contributed by atoms with van der Waals surface area (Å²) in [4.78, 5) is 28.3. The second kappa shape index (κ2) is 4.72. The number of allylic oxidation sites excluding steroid dienone is 1. The van der Waals surface area contributed by atoms with E-state index in [4.69, 9.17) is 5.53 Å². The SMILES string of the molecule is CC1=C(C(=O)c2ccccc2)N2C(=O)C(=[N+]=[N-])[C@H]2S(=O)(=O)C1. The van der Waals surface area contributed by atoms with E-state index in [1.807, 2.05) is 0 Å². The van der Waals surface area contributed by atoms with Crippen molar-refractivity contribution in [1.82, 2.24) is 4.90 Å². The molecule has 7 nitrogen and oxygen atoms in total. The van der Waals surface area contributed by atoms with Gasteiger partial charge in [0, 0.05) is 5.56 Å². The molecule has 1 aromatic carbocycles. The monoisotopic (exact) mass is 317 g/mol. The van der Waals surface area contributed by atoms with Crippen molar-refractivity contribution >= 4 is 27.2 Å². The third-order valence-corrected chi connectivity index (χ3v) is 5.62. The van der Waals surface area contributed by atoms with Gasteiger partial charge in [0.2, 0.25) is 11.2 Å². The Morgan fingerprint density at radius 3 is 2.55 bits per heavy atom. The molecule has 1 saturated heterocycles. The van der Waals surface area contributed by atoms with Crippen LogP contribution in [0.1, 0.15) is 17.3 Å². The van der Waals surface area contributed by atoms with E-state index < -0.39 is 32.6 Å². The van der Waals surface area contributed by atoms with Crippen molar-refractivity contribution < 1.29 is 22.8 Å². The highest BCUT2D eigenvalue weighted by atomic mass is 32.2. The van der Waals surface area contributed by atoms with Gasteiger partial charge in [0.1, 0.15) is 0 Å². The molecule has 112 valence electrons. The van der Waals surface area contributed by atoms with E-state index in [1.165, 1.54) is 6.92 Å². The first kappa shape index (κ1) is 14.4. The van der Waals surface area contributed by atoms with Gasteiger partial charge in [0.25, 0.3) is 0 Å². The minimum Gasteiger partial charge on any atom is -0.361 e. The third-order valence-electron chi connectivity index (χ3n) is 3.67. The molecule has 2 heterocycles. The van der Waals surface area contributed by atoms with Crippen molar-refractivity contribution in [2.45, 2.75) is 12.3 Å². The van der Waals surface area contributed by atoms with Crippen molar-refractivity contribution in [3.8, 4) is 0 Å². The number of sulfone groups is 1. The average molecular weight is 317 g/mol. The summed E-state index contributed by atoms with van der Waals surface area (Å²) in [6, 6.07) is 8.28. The number of carbonyl (C=O) groups is 2. The van der Waals surface area contributed by atoms with Crippen molar-refractivity contribution in [3.05, 3.63) is 52.7 Å². The zero-order chi connectivity index (χ0) is 16.1. The Kier molecular flexibility index (Phi) is 3.09. The van der Waals surface area contributed by atoms with Gasteiger partial charge in [-0.1, -0.05) is 30.3 Å². The summed E-state index contributed by atoms with van der Waals surface area (Å²) in [5.41, 5.74) is 9.06. The quantitative estimate of drug-likeness (QED) is 0.340. The minimum atomic E-state index is -3.71. The van der Waals surface area contributed by atoms with Crippen LogP contribution in [0.3, 0.4) is 0 Å². The Balaban J connectivity index is 2.14. The number of carbonyl (C=O) groups excluding carboxylic acids is 2. The third kappa shape index (κ3) is 1.85. The van der Waals surface area contributed by atoms with Crippen LogP contribution in [-0.2, 0) is 14.6 Å². The van der Waals surface area contributed by atoms with E-state index in [0.29, 0.717) is 11.1 Å². The summed E-state index contributed by atoms with van der Waals surface area (Å²) in [5, 5.41) is -1.38. The fourth-order valence-electron chi connectivity index (χ4n) is 2.72. The highest BCUT2D eigenvalue weighted by Gasteiger charge is 2.63. The van der Waals surface area contributed by atoms with E-state index in [9.17, 15) is 18.0 Å². The Bertz CT molecular complexity index is 880. The number of β-lactam (4-membered cyclic amide) rings is 1. The molecular weight excluding hydrogens is 306 g/mol. The lowest BCUT2D eigenvalue weighted by atomic mass is 9.99. The van der Waals surface area contributed by atoms with E-state index in [1.54, 1.807) is 30.3 Å². The van der Waals surface area contributed by atoms with Gasteiger partial charge in [0.15, 0.2) is 9.84 Å². The number of ketones is 1. The number of amides is 1. The van der Waals surface area contributed by atoms with Crippen LogP contribution in [0, 0.1) is 0 Å². The number of hydrogen-bond donors (Lipinski definition) is 0. The molecule has 0 aromatic heterocycles. The summed E-state index contributed by atoms with van der Waals surface area (Å²) >= 11 is 0. The molecular formula is C14H11N3O4S. The van der Waals surface area contributed by atoms with Crippen LogP contribution in [-0.4, -0.2) is 46.6 Å². The van der Waals surface area contributed by atoms with Crippen molar-refractivity contribution in [2.75, 3.05) is 5.75 Å². The van der Waals surface area contributed by atoms with Gasteiger partial charge in [-0.15, -0.1) is 0 Å². The molecule has 22 heavy (non-hydrogen) atoms. The lowest BCUT2D eigenvalue weighted by molar-refractivity contribution is -0.134. The number of Topliss-reactive ketones (excluding diaryl/α,β-unsaturated/α-hetero) is 1. The van der Waals surface area contributed by atoms with Gasteiger partial charge in [-0.3, -0.25) is 14.5 Å². The summed E-state index contributed by atoms with van der Waals surface area (Å²) in [7, 11) is -3.71. The van der Waals surface area contributed by atoms with Crippen LogP contribution in [0.2, 0.25) is 0 Å². The first-order valence-corrected chi connectivity index (χ1v) is 8.16. The van der Waals surface area contributed by atoms with Crippen LogP contribution in [0.4, 0.5) is 0 Å². The molecule has 1 atom stereocenters. The Morgan fingerprint density at radius 1 is 1.32 bits per heavy atom. The highest BCUT2D eigenvalue weighted by Crippen LogP contribution is 2.35. The standard InChI is InChI=1S/C14H11N3O4S/c1-8-7-22(20,21)14-10(16-15)13(19)17(14)11(8)12(18)9-5-3-2-4-6-9/h2-6,14H,7H2,1H3/t14-/m1/s1. The smallest absolute Gasteiger partial charge is 0.361 e. The van der Waals surface area contributed by atoms with Crippen LogP contribution in [0.25, 0.3) is 5.53 Å². The van der Waals surface area contributed by atoms with Crippen molar-refractivity contribution in [3.63, 3.8) is 0 Å². The van der Waals surface area contributed by atoms with Crippen LogP contribution >= 0.6 is 0 Å². The molecule has 1 aromatic rings. The maximum absolute atomic E-state index is 12.6. The van der Waals surface area contributed by atoms with Gasteiger partial charge < -0.3 is 5.53 Å². The highest BCUT2D eigenvalue weighted by molar-refractivity contribution is 7.93. The number of fused-ring (bicyclic) bond motifs is 1. The van der Waals surface area contributed by atoms with Gasteiger partial charge in [-0.25, -0.2) is 8.42 Å². The molecule has 0 aliphatic carbocycles. The molecule has 2 aliphatic heterocycles. The normalized spacial score (nSPS) is 22.8. The molecule has 0 bridgehead atoms. The van der Waals surface area contributed by atoms with Gasteiger partial charge in [-0.05, 0) is 12.5 Å². The van der Waals surface area contributed by atoms with Gasteiger partial charge in [-0.2, -0.15) is 4.79 Å². The molecule has 8 heteroatoms. The maximum atomic E-state index is 12.6. The molecule has 3 rings (SSSR count). The van der Waals surface area contributed by atoms with Gasteiger partial charge in [0.05, 0.1) is 11.4 Å². The first-order chi connectivity index (χ1) is 10.4. The molecule has 0 saturated carbocycles. The largest absolute Gasteiger partial charge is 0.394 e. The average Bonchev–Trinajstić information content (AvgIpc) is 2.48. The number of rotatable bonds is 2. The minimum absolute atomic E-state index is 0.0448. The number of benzene rings is 1. The lowest BCUT2D eigenvalue weighted by Gasteiger charge is -2.40. The van der Waals surface area contributed by atoms with Crippen molar-refractivity contribution in [1.29, 1.82) is 0 Å². The van der Waals surface area contributed by atoms with Crippen molar-refractivity contribution in [2.24, 2.45) is 0 Å². The van der Waals surface area contributed by atoms with E-state index in [-0.39, 0.29) is 11.4 Å². The Labute approximate surface area is 126 Å². The molecule has 0 N–H and O–H groups in total. The molecule has 1 amide bonds. The Morgan fingerprint density at radius 2 is 1.95 bits per heavy atom. The predicted octanol–water partition coefficient (Wildman–Crippen LogP) is 0.411. The van der Waals surface area contributed by atoms with Crippen LogP contribution in [0.15, 0.2) is 41.6 Å². The molecule has 0 unspecified atom stereocenters. The predicted molar refractivity (Wildman–Crippen MR) is 76.5 cm³/mol. The zero-order valence-corrected chi connectivity index (χ0v) is 12.4. The van der Waals surface area contributed by atoms with Crippen LogP contribution in [0.5, 0.6) is 0 Å². The second-order valence-electron chi connectivity index (χ2n) is 5.14.